The lowest BCUT2D eigenvalue weighted by Crippen LogP contribution is -1.86. The summed E-state index contributed by atoms with van der Waals surface area (Å²) < 4.78 is 0.948. The number of H-pyrrole nitrogens is 1. The van der Waals surface area contributed by atoms with Gasteiger partial charge in [0.15, 0.2) is 5.95 Å². The van der Waals surface area contributed by atoms with Crippen LogP contribution in [0.3, 0.4) is 0 Å². The monoisotopic (exact) mass is 238 g/mol. The SMILES string of the molecule is Nc1ncc(-c2ccc(Br)cn2)[nH]1. The Kier molecular flexibility index (Phi) is 2.02. The number of nitrogens with one attached hydrogen (secondary N) is 1. The molecule has 2 aromatic rings. The van der Waals surface area contributed by atoms with Crippen molar-refractivity contribution in [2.24, 2.45) is 0 Å². The fourth-order valence-corrected chi connectivity index (χ4v) is 1.24. The van der Waals surface area contributed by atoms with E-state index in [0.29, 0.717) is 5.95 Å². The van der Waals surface area contributed by atoms with Crippen molar-refractivity contribution >= 4 is 21.9 Å². The van der Waals surface area contributed by atoms with Gasteiger partial charge in [0.1, 0.15) is 0 Å². The molecule has 0 aliphatic carbocycles. The van der Waals surface area contributed by atoms with Crippen molar-refractivity contribution in [2.45, 2.75) is 0 Å². The van der Waals surface area contributed by atoms with Gasteiger partial charge in [-0.1, -0.05) is 0 Å². The molecule has 0 aliphatic heterocycles. The molecule has 2 rings (SSSR count). The fourth-order valence-electron chi connectivity index (χ4n) is 1.00. The Hall–Kier alpha value is -1.36. The van der Waals surface area contributed by atoms with Crippen LogP contribution >= 0.6 is 15.9 Å². The van der Waals surface area contributed by atoms with Crippen molar-refractivity contribution in [3.8, 4) is 11.4 Å². The third kappa shape index (κ3) is 1.70. The quantitative estimate of drug-likeness (QED) is 0.797. The van der Waals surface area contributed by atoms with Gasteiger partial charge in [0.25, 0.3) is 0 Å². The number of nitrogens with two attached hydrogens (primary N) is 1. The van der Waals surface area contributed by atoms with Crippen LogP contribution in [-0.2, 0) is 0 Å². The Morgan fingerprint density at radius 3 is 2.62 bits per heavy atom. The minimum absolute atomic E-state index is 0.403. The Labute approximate surface area is 83.3 Å². The van der Waals surface area contributed by atoms with E-state index >= 15 is 0 Å². The lowest BCUT2D eigenvalue weighted by molar-refractivity contribution is 1.27. The maximum Gasteiger partial charge on any atom is 0.197 e. The highest BCUT2D eigenvalue weighted by atomic mass is 79.9. The van der Waals surface area contributed by atoms with Crippen LogP contribution in [0.5, 0.6) is 0 Å². The lowest BCUT2D eigenvalue weighted by Gasteiger charge is -1.95. The molecule has 0 amide bonds. The molecule has 0 bridgehead atoms. The second kappa shape index (κ2) is 3.18. The first-order valence-electron chi connectivity index (χ1n) is 3.68. The van der Waals surface area contributed by atoms with Crippen LogP contribution in [0.25, 0.3) is 11.4 Å². The molecule has 0 aliphatic rings. The van der Waals surface area contributed by atoms with Gasteiger partial charge in [0, 0.05) is 10.7 Å². The maximum atomic E-state index is 5.44. The van der Waals surface area contributed by atoms with Gasteiger partial charge in [-0.3, -0.25) is 4.98 Å². The number of hydrogen-bond donors (Lipinski definition) is 2. The predicted molar refractivity (Wildman–Crippen MR) is 53.9 cm³/mol. The van der Waals surface area contributed by atoms with Gasteiger partial charge in [-0.05, 0) is 28.1 Å². The molecule has 0 radical (unpaired) electrons. The first-order chi connectivity index (χ1) is 6.25. The number of rotatable bonds is 1. The average molecular weight is 239 g/mol. The predicted octanol–water partition coefficient (Wildman–Crippen LogP) is 1.82. The minimum atomic E-state index is 0.403. The third-order valence-corrected chi connectivity index (χ3v) is 2.07. The molecular weight excluding hydrogens is 232 g/mol. The van der Waals surface area contributed by atoms with Crippen molar-refractivity contribution < 1.29 is 0 Å². The zero-order valence-electron chi connectivity index (χ0n) is 6.66. The van der Waals surface area contributed by atoms with Gasteiger partial charge in [-0.2, -0.15) is 0 Å². The summed E-state index contributed by atoms with van der Waals surface area (Å²) in [5.41, 5.74) is 7.09. The summed E-state index contributed by atoms with van der Waals surface area (Å²) in [6.07, 6.45) is 3.39. The lowest BCUT2D eigenvalue weighted by atomic mass is 10.3. The van der Waals surface area contributed by atoms with E-state index in [1.54, 1.807) is 12.4 Å². The summed E-state index contributed by atoms with van der Waals surface area (Å²) in [5.74, 6) is 0.403. The maximum absolute atomic E-state index is 5.44. The molecule has 2 aromatic heterocycles. The summed E-state index contributed by atoms with van der Waals surface area (Å²) in [4.78, 5) is 11.0. The van der Waals surface area contributed by atoms with Crippen LogP contribution in [0.1, 0.15) is 0 Å². The molecule has 0 saturated heterocycles. The van der Waals surface area contributed by atoms with Crippen LogP contribution in [0, 0.1) is 0 Å². The molecule has 0 atom stereocenters. The number of imidazole rings is 1. The zero-order valence-corrected chi connectivity index (χ0v) is 8.25. The molecule has 0 spiro atoms. The number of nitrogen functional groups attached to an aromatic ring is 1. The van der Waals surface area contributed by atoms with Crippen molar-refractivity contribution in [2.75, 3.05) is 5.73 Å². The number of pyridine rings is 1. The smallest absolute Gasteiger partial charge is 0.197 e. The van der Waals surface area contributed by atoms with Crippen LogP contribution in [0.4, 0.5) is 5.95 Å². The Morgan fingerprint density at radius 1 is 1.23 bits per heavy atom. The number of hydrogen-bond acceptors (Lipinski definition) is 3. The van der Waals surface area contributed by atoms with Gasteiger partial charge in [0.2, 0.25) is 0 Å². The summed E-state index contributed by atoms with van der Waals surface area (Å²) in [7, 11) is 0. The van der Waals surface area contributed by atoms with E-state index in [1.165, 1.54) is 0 Å². The fraction of sp³-hybridized carbons (Fsp3) is 0. The zero-order chi connectivity index (χ0) is 9.26. The topological polar surface area (TPSA) is 67.6 Å². The summed E-state index contributed by atoms with van der Waals surface area (Å²) >= 11 is 3.31. The van der Waals surface area contributed by atoms with E-state index in [2.05, 4.69) is 30.9 Å². The standard InChI is InChI=1S/C8H7BrN4/c9-5-1-2-6(11-3-5)7-4-12-8(10)13-7/h1-4H,(H3,10,12,13). The van der Waals surface area contributed by atoms with E-state index < -0.39 is 0 Å². The van der Waals surface area contributed by atoms with Crippen molar-refractivity contribution in [1.29, 1.82) is 0 Å². The van der Waals surface area contributed by atoms with Gasteiger partial charge < -0.3 is 10.7 Å². The van der Waals surface area contributed by atoms with Crippen LogP contribution in [0.2, 0.25) is 0 Å². The molecule has 0 aromatic carbocycles. The van der Waals surface area contributed by atoms with E-state index in [1.807, 2.05) is 12.1 Å². The highest BCUT2D eigenvalue weighted by molar-refractivity contribution is 9.10. The molecule has 4 nitrogen and oxygen atoms in total. The van der Waals surface area contributed by atoms with Gasteiger partial charge in [0.05, 0.1) is 17.6 Å². The average Bonchev–Trinajstić information content (AvgIpc) is 2.53. The largest absolute Gasteiger partial charge is 0.369 e. The first kappa shape index (κ1) is 8.25. The van der Waals surface area contributed by atoms with E-state index in [-0.39, 0.29) is 0 Å². The van der Waals surface area contributed by atoms with Crippen LogP contribution in [-0.4, -0.2) is 15.0 Å². The summed E-state index contributed by atoms with van der Waals surface area (Å²) in [5, 5.41) is 0. The van der Waals surface area contributed by atoms with Gasteiger partial charge >= 0.3 is 0 Å². The highest BCUT2D eigenvalue weighted by Gasteiger charge is 2.01. The number of anilines is 1. The third-order valence-electron chi connectivity index (χ3n) is 1.60. The molecule has 5 heteroatoms. The van der Waals surface area contributed by atoms with Crippen molar-refractivity contribution in [1.82, 2.24) is 15.0 Å². The molecule has 66 valence electrons. The summed E-state index contributed by atoms with van der Waals surface area (Å²) in [6, 6.07) is 3.80. The Balaban J connectivity index is 2.41. The van der Waals surface area contributed by atoms with Gasteiger partial charge in [-0.15, -0.1) is 0 Å². The van der Waals surface area contributed by atoms with Crippen LogP contribution < -0.4 is 5.73 Å². The second-order valence-electron chi connectivity index (χ2n) is 2.54. The van der Waals surface area contributed by atoms with E-state index in [9.17, 15) is 0 Å². The normalized spacial score (nSPS) is 10.2. The first-order valence-corrected chi connectivity index (χ1v) is 4.47. The van der Waals surface area contributed by atoms with E-state index in [0.717, 1.165) is 15.9 Å². The van der Waals surface area contributed by atoms with Crippen LogP contribution in [0.15, 0.2) is 29.0 Å². The minimum Gasteiger partial charge on any atom is -0.369 e. The second-order valence-corrected chi connectivity index (χ2v) is 3.46. The van der Waals surface area contributed by atoms with Crippen molar-refractivity contribution in [3.63, 3.8) is 0 Å². The Morgan fingerprint density at radius 2 is 2.08 bits per heavy atom. The number of aromatic nitrogens is 3. The highest BCUT2D eigenvalue weighted by Crippen LogP contribution is 2.16. The molecule has 0 unspecified atom stereocenters. The molecule has 13 heavy (non-hydrogen) atoms. The van der Waals surface area contributed by atoms with E-state index in [4.69, 9.17) is 5.73 Å². The number of aromatic amines is 1. The summed E-state index contributed by atoms with van der Waals surface area (Å²) in [6.45, 7) is 0. The molecule has 2 heterocycles. The molecule has 0 fully saturated rings. The number of halogens is 1. The van der Waals surface area contributed by atoms with Gasteiger partial charge in [-0.25, -0.2) is 4.98 Å². The Bertz CT molecular complexity index is 406. The number of nitrogens with zero attached hydrogens (tertiary/aromatic N) is 2. The molecule has 3 N–H and O–H groups in total. The van der Waals surface area contributed by atoms with Crippen molar-refractivity contribution in [3.05, 3.63) is 29.0 Å². The molecular formula is C8H7BrN4. The molecule has 0 saturated carbocycles.